The van der Waals surface area contributed by atoms with Gasteiger partial charge < -0.3 is 14.2 Å². The molecular formula is C21H22N2O4S. The third kappa shape index (κ3) is 2.96. The SMILES string of the molecule is CCc1cc2c(=O)n3c(nc2s1)/C(=C/c1cc(OC)c(OC)cc1OC)CC3. The maximum atomic E-state index is 12.9. The van der Waals surface area contributed by atoms with E-state index in [4.69, 9.17) is 19.2 Å². The molecule has 0 N–H and O–H groups in total. The van der Waals surface area contributed by atoms with Crippen molar-refractivity contribution in [1.29, 1.82) is 0 Å². The van der Waals surface area contributed by atoms with Gasteiger partial charge in [0.1, 0.15) is 16.4 Å². The van der Waals surface area contributed by atoms with Crippen LogP contribution in [0.25, 0.3) is 21.9 Å². The van der Waals surface area contributed by atoms with Crippen LogP contribution in [-0.4, -0.2) is 30.9 Å². The molecule has 2 aromatic heterocycles. The fourth-order valence-corrected chi connectivity index (χ4v) is 4.48. The minimum atomic E-state index is 0.0404. The molecule has 7 heteroatoms. The molecule has 6 nitrogen and oxygen atoms in total. The highest BCUT2D eigenvalue weighted by atomic mass is 32.1. The second-order valence-electron chi connectivity index (χ2n) is 6.55. The highest BCUT2D eigenvalue weighted by Crippen LogP contribution is 2.38. The van der Waals surface area contributed by atoms with Crippen LogP contribution in [0.3, 0.4) is 0 Å². The minimum Gasteiger partial charge on any atom is -0.496 e. The third-order valence-corrected chi connectivity index (χ3v) is 6.18. The molecule has 0 bridgehead atoms. The van der Waals surface area contributed by atoms with Crippen molar-refractivity contribution >= 4 is 33.2 Å². The lowest BCUT2D eigenvalue weighted by Gasteiger charge is -2.12. The van der Waals surface area contributed by atoms with Crippen LogP contribution in [0, 0.1) is 0 Å². The highest BCUT2D eigenvalue weighted by molar-refractivity contribution is 7.18. The maximum Gasteiger partial charge on any atom is 0.262 e. The molecule has 4 rings (SSSR count). The second kappa shape index (κ2) is 7.31. The Morgan fingerprint density at radius 1 is 1.11 bits per heavy atom. The van der Waals surface area contributed by atoms with Crippen molar-refractivity contribution < 1.29 is 14.2 Å². The Labute approximate surface area is 167 Å². The van der Waals surface area contributed by atoms with E-state index >= 15 is 0 Å². The van der Waals surface area contributed by atoms with Crippen molar-refractivity contribution in [3.8, 4) is 17.2 Å². The fraction of sp³-hybridized carbons (Fsp3) is 0.333. The van der Waals surface area contributed by atoms with Gasteiger partial charge >= 0.3 is 0 Å². The molecule has 1 aliphatic rings. The number of ether oxygens (including phenoxy) is 3. The predicted octanol–water partition coefficient (Wildman–Crippen LogP) is 3.99. The van der Waals surface area contributed by atoms with Gasteiger partial charge in [0.2, 0.25) is 0 Å². The molecular weight excluding hydrogens is 376 g/mol. The lowest BCUT2D eigenvalue weighted by Crippen LogP contribution is -2.19. The first-order valence-corrected chi connectivity index (χ1v) is 9.95. The summed E-state index contributed by atoms with van der Waals surface area (Å²) in [6, 6.07) is 5.66. The molecule has 0 saturated carbocycles. The normalized spacial score (nSPS) is 14.5. The van der Waals surface area contributed by atoms with Gasteiger partial charge in [-0.1, -0.05) is 6.92 Å². The molecule has 0 unspecified atom stereocenters. The van der Waals surface area contributed by atoms with Gasteiger partial charge in [-0.05, 0) is 36.6 Å². The number of aryl methyl sites for hydroxylation is 1. The molecule has 0 atom stereocenters. The number of aromatic nitrogens is 2. The van der Waals surface area contributed by atoms with Crippen molar-refractivity contribution in [3.05, 3.63) is 44.8 Å². The Hall–Kier alpha value is -2.80. The number of rotatable bonds is 5. The van der Waals surface area contributed by atoms with Crippen molar-refractivity contribution in [1.82, 2.24) is 9.55 Å². The van der Waals surface area contributed by atoms with E-state index in [2.05, 4.69) is 6.92 Å². The van der Waals surface area contributed by atoms with Gasteiger partial charge in [-0.2, -0.15) is 0 Å². The largest absolute Gasteiger partial charge is 0.496 e. The van der Waals surface area contributed by atoms with E-state index in [0.29, 0.717) is 23.8 Å². The summed E-state index contributed by atoms with van der Waals surface area (Å²) in [5, 5.41) is 0.718. The molecule has 0 saturated heterocycles. The molecule has 0 amide bonds. The summed E-state index contributed by atoms with van der Waals surface area (Å²) in [6.45, 7) is 2.72. The lowest BCUT2D eigenvalue weighted by molar-refractivity contribution is 0.348. The van der Waals surface area contributed by atoms with Crippen LogP contribution in [0.4, 0.5) is 0 Å². The van der Waals surface area contributed by atoms with Gasteiger partial charge in [0.15, 0.2) is 11.5 Å². The Bertz CT molecular complexity index is 1140. The van der Waals surface area contributed by atoms with Crippen LogP contribution in [0.2, 0.25) is 0 Å². The standard InChI is InChI=1S/C21H22N2O4S/c1-5-14-10-15-20(28-14)22-19-12(6-7-23(19)21(15)24)8-13-9-17(26-3)18(27-4)11-16(13)25-2/h8-11H,5-7H2,1-4H3/b12-8+. The smallest absolute Gasteiger partial charge is 0.262 e. The topological polar surface area (TPSA) is 62.6 Å². The predicted molar refractivity (Wildman–Crippen MR) is 112 cm³/mol. The van der Waals surface area contributed by atoms with Gasteiger partial charge in [-0.15, -0.1) is 11.3 Å². The summed E-state index contributed by atoms with van der Waals surface area (Å²) in [6.07, 6.45) is 3.67. The average molecular weight is 398 g/mol. The minimum absolute atomic E-state index is 0.0404. The Kier molecular flexibility index (Phi) is 4.85. The fourth-order valence-electron chi connectivity index (χ4n) is 3.53. The van der Waals surface area contributed by atoms with Gasteiger partial charge in [-0.3, -0.25) is 9.36 Å². The summed E-state index contributed by atoms with van der Waals surface area (Å²) in [4.78, 5) is 19.7. The van der Waals surface area contributed by atoms with Crippen LogP contribution in [0.1, 0.15) is 29.6 Å². The van der Waals surface area contributed by atoms with E-state index in [-0.39, 0.29) is 5.56 Å². The first-order valence-electron chi connectivity index (χ1n) is 9.13. The van der Waals surface area contributed by atoms with Crippen molar-refractivity contribution in [2.75, 3.05) is 21.3 Å². The first-order chi connectivity index (χ1) is 13.6. The van der Waals surface area contributed by atoms with Crippen LogP contribution >= 0.6 is 11.3 Å². The van der Waals surface area contributed by atoms with E-state index in [9.17, 15) is 4.79 Å². The van der Waals surface area contributed by atoms with Gasteiger partial charge in [0, 0.05) is 23.1 Å². The number of allylic oxidation sites excluding steroid dienone is 1. The number of benzene rings is 1. The first kappa shape index (κ1) is 18.6. The van der Waals surface area contributed by atoms with E-state index < -0.39 is 0 Å². The van der Waals surface area contributed by atoms with E-state index in [1.807, 2.05) is 18.2 Å². The van der Waals surface area contributed by atoms with Gasteiger partial charge in [-0.25, -0.2) is 4.98 Å². The summed E-state index contributed by atoms with van der Waals surface area (Å²) in [5.74, 6) is 2.64. The molecule has 1 aromatic carbocycles. The van der Waals surface area contributed by atoms with Crippen LogP contribution in [0.15, 0.2) is 23.0 Å². The number of hydrogen-bond acceptors (Lipinski definition) is 6. The van der Waals surface area contributed by atoms with Crippen molar-refractivity contribution in [2.45, 2.75) is 26.3 Å². The number of hydrogen-bond donors (Lipinski definition) is 0. The Morgan fingerprint density at radius 3 is 2.50 bits per heavy atom. The monoisotopic (exact) mass is 398 g/mol. The summed E-state index contributed by atoms with van der Waals surface area (Å²) in [5.41, 5.74) is 1.91. The van der Waals surface area contributed by atoms with E-state index in [1.165, 1.54) is 4.88 Å². The second-order valence-corrected chi connectivity index (χ2v) is 7.66. The van der Waals surface area contributed by atoms with Gasteiger partial charge in [0.25, 0.3) is 5.56 Å². The molecule has 146 valence electrons. The molecule has 0 spiro atoms. The zero-order valence-corrected chi connectivity index (χ0v) is 17.2. The third-order valence-electron chi connectivity index (χ3n) is 5.01. The number of nitrogens with zero attached hydrogens (tertiary/aromatic N) is 2. The van der Waals surface area contributed by atoms with Crippen LogP contribution in [0.5, 0.6) is 17.2 Å². The van der Waals surface area contributed by atoms with E-state index in [0.717, 1.165) is 40.0 Å². The zero-order valence-electron chi connectivity index (χ0n) is 16.4. The van der Waals surface area contributed by atoms with E-state index in [1.54, 1.807) is 43.3 Å². The molecule has 0 fully saturated rings. The molecule has 3 heterocycles. The molecule has 0 aliphatic carbocycles. The van der Waals surface area contributed by atoms with Crippen LogP contribution < -0.4 is 19.8 Å². The Morgan fingerprint density at radius 2 is 1.82 bits per heavy atom. The number of thiophene rings is 1. The summed E-state index contributed by atoms with van der Waals surface area (Å²) < 4.78 is 18.1. The maximum absolute atomic E-state index is 12.9. The highest BCUT2D eigenvalue weighted by Gasteiger charge is 2.23. The molecule has 0 radical (unpaired) electrons. The molecule has 3 aromatic rings. The summed E-state index contributed by atoms with van der Waals surface area (Å²) in [7, 11) is 4.82. The number of fused-ring (bicyclic) bond motifs is 2. The molecule has 1 aliphatic heterocycles. The Balaban J connectivity index is 1.86. The van der Waals surface area contributed by atoms with Crippen molar-refractivity contribution in [2.24, 2.45) is 0 Å². The quantitative estimate of drug-likeness (QED) is 0.650. The number of methoxy groups -OCH3 is 3. The van der Waals surface area contributed by atoms with Gasteiger partial charge in [0.05, 0.1) is 26.7 Å². The van der Waals surface area contributed by atoms with Crippen molar-refractivity contribution in [3.63, 3.8) is 0 Å². The summed E-state index contributed by atoms with van der Waals surface area (Å²) >= 11 is 1.59. The average Bonchev–Trinajstić information content (AvgIpc) is 3.32. The lowest BCUT2D eigenvalue weighted by atomic mass is 10.1. The zero-order chi connectivity index (χ0) is 19.8. The van der Waals surface area contributed by atoms with Crippen LogP contribution in [-0.2, 0) is 13.0 Å². The molecule has 28 heavy (non-hydrogen) atoms.